The van der Waals surface area contributed by atoms with Crippen molar-refractivity contribution in [2.45, 2.75) is 0 Å². The van der Waals surface area contributed by atoms with Gasteiger partial charge in [-0.25, -0.2) is 0 Å². The summed E-state index contributed by atoms with van der Waals surface area (Å²) in [7, 11) is -0.877. The molecule has 0 aliphatic heterocycles. The van der Waals surface area contributed by atoms with Gasteiger partial charge in [0.1, 0.15) is 15.9 Å². The predicted octanol–water partition coefficient (Wildman–Crippen LogP) is 7.21. The zero-order valence-electron chi connectivity index (χ0n) is 20.9. The zero-order valence-corrected chi connectivity index (χ0v) is 24.3. The standard InChI is InChI=1S/C18H15P.C11H8N.C6H5.Ir/c1-4-10-16(11-5-1)19(17-12-6-2-7-13-17)18-14-8-3-9-15-18;1-2-6-10(7-3-1)11-8-4-5-9-12-11;1-2-4-6-5-3-1;/h1-15H;1-6,8-9H;1-5H;/q;2*-1;/p+1. The Labute approximate surface area is 241 Å². The zero-order chi connectivity index (χ0) is 25.4. The number of hydrogen-bond donors (Lipinski definition) is 0. The molecule has 0 atom stereocenters. The molecule has 1 heterocycles. The normalized spacial score (nSPS) is 9.61. The Hall–Kier alpha value is -3.67. The molecule has 0 aliphatic carbocycles. The molecule has 1 radical (unpaired) electrons. The van der Waals surface area contributed by atoms with E-state index in [9.17, 15) is 0 Å². The summed E-state index contributed by atoms with van der Waals surface area (Å²) in [5.74, 6) is 0. The molecule has 5 aromatic carbocycles. The molecular weight excluding hydrogens is 658 g/mol. The third-order valence-corrected chi connectivity index (χ3v) is 8.18. The molecular formula is C35H29IrNP-. The van der Waals surface area contributed by atoms with Crippen molar-refractivity contribution in [1.82, 2.24) is 4.98 Å². The van der Waals surface area contributed by atoms with Crippen LogP contribution in [0.15, 0.2) is 170 Å². The summed E-state index contributed by atoms with van der Waals surface area (Å²) in [6, 6.07) is 61.8. The van der Waals surface area contributed by atoms with Gasteiger partial charge in [-0.3, -0.25) is 0 Å². The summed E-state index contributed by atoms with van der Waals surface area (Å²) in [5.41, 5.74) is 2.01. The molecule has 0 amide bonds. The second kappa shape index (κ2) is 17.0. The van der Waals surface area contributed by atoms with Gasteiger partial charge in [0.25, 0.3) is 0 Å². The maximum absolute atomic E-state index is 4.22. The largest absolute Gasteiger partial charge is 0.305 e. The Bertz CT molecular complexity index is 1230. The van der Waals surface area contributed by atoms with Crippen LogP contribution in [0.4, 0.5) is 0 Å². The van der Waals surface area contributed by atoms with Crippen LogP contribution in [0.3, 0.4) is 0 Å². The maximum Gasteiger partial charge on any atom is 0.102 e. The van der Waals surface area contributed by atoms with Gasteiger partial charge in [0, 0.05) is 26.3 Å². The van der Waals surface area contributed by atoms with Crippen molar-refractivity contribution >= 4 is 23.8 Å². The van der Waals surface area contributed by atoms with E-state index in [4.69, 9.17) is 0 Å². The number of aromatic nitrogens is 1. The maximum atomic E-state index is 4.22. The number of hydrogen-bond acceptors (Lipinski definition) is 1. The van der Waals surface area contributed by atoms with Gasteiger partial charge in [0.2, 0.25) is 0 Å². The Morgan fingerprint density at radius 1 is 0.447 bits per heavy atom. The molecule has 6 aromatic rings. The fraction of sp³-hybridized carbons (Fsp3) is 0. The van der Waals surface area contributed by atoms with E-state index in [2.05, 4.69) is 108 Å². The van der Waals surface area contributed by atoms with Crippen molar-refractivity contribution in [2.75, 3.05) is 0 Å². The molecule has 0 aliphatic rings. The third-order valence-electron chi connectivity index (χ3n) is 5.44. The van der Waals surface area contributed by atoms with Crippen LogP contribution in [0.2, 0.25) is 0 Å². The molecule has 189 valence electrons. The van der Waals surface area contributed by atoms with Gasteiger partial charge >= 0.3 is 0 Å². The topological polar surface area (TPSA) is 12.9 Å². The van der Waals surface area contributed by atoms with E-state index in [0.29, 0.717) is 0 Å². The molecule has 0 saturated heterocycles. The molecule has 0 bridgehead atoms. The number of nitrogens with zero attached hydrogens (tertiary/aromatic N) is 1. The Kier molecular flexibility index (Phi) is 12.9. The van der Waals surface area contributed by atoms with Crippen LogP contribution in [-0.4, -0.2) is 4.98 Å². The first-order valence-corrected chi connectivity index (χ1v) is 13.7. The Morgan fingerprint density at radius 2 is 0.895 bits per heavy atom. The van der Waals surface area contributed by atoms with Crippen molar-refractivity contribution in [3.63, 3.8) is 0 Å². The fourth-order valence-electron chi connectivity index (χ4n) is 3.73. The van der Waals surface area contributed by atoms with Crippen molar-refractivity contribution in [1.29, 1.82) is 0 Å². The molecule has 0 unspecified atom stereocenters. The first-order chi connectivity index (χ1) is 18.4. The van der Waals surface area contributed by atoms with Gasteiger partial charge in [-0.1, -0.05) is 66.7 Å². The minimum Gasteiger partial charge on any atom is -0.305 e. The van der Waals surface area contributed by atoms with Crippen LogP contribution < -0.4 is 15.9 Å². The van der Waals surface area contributed by atoms with E-state index in [1.807, 2.05) is 72.8 Å². The van der Waals surface area contributed by atoms with Crippen LogP contribution in [0.5, 0.6) is 0 Å². The van der Waals surface area contributed by atoms with Gasteiger partial charge in [-0.2, -0.15) is 36.4 Å². The Morgan fingerprint density at radius 3 is 1.26 bits per heavy atom. The smallest absolute Gasteiger partial charge is 0.102 e. The summed E-state index contributed by atoms with van der Waals surface area (Å²) in [6.45, 7) is 0. The van der Waals surface area contributed by atoms with E-state index in [-0.39, 0.29) is 20.1 Å². The predicted molar refractivity (Wildman–Crippen MR) is 160 cm³/mol. The Balaban J connectivity index is 0.000000179. The summed E-state index contributed by atoms with van der Waals surface area (Å²) in [4.78, 5) is 4.22. The van der Waals surface area contributed by atoms with Crippen molar-refractivity contribution in [3.05, 3.63) is 182 Å². The summed E-state index contributed by atoms with van der Waals surface area (Å²) in [6.07, 6.45) is 1.79. The van der Waals surface area contributed by atoms with E-state index in [0.717, 1.165) is 11.3 Å². The molecule has 0 spiro atoms. The fourth-order valence-corrected chi connectivity index (χ4v) is 6.31. The minimum absolute atomic E-state index is 0. The molecule has 1 nitrogen and oxygen atoms in total. The van der Waals surface area contributed by atoms with Gasteiger partial charge < -0.3 is 4.98 Å². The quantitative estimate of drug-likeness (QED) is 0.141. The molecule has 0 saturated carbocycles. The van der Waals surface area contributed by atoms with Gasteiger partial charge in [-0.15, -0.1) is 35.9 Å². The van der Waals surface area contributed by atoms with Gasteiger partial charge in [0.05, 0.1) is 7.92 Å². The van der Waals surface area contributed by atoms with E-state index in [1.54, 1.807) is 6.20 Å². The van der Waals surface area contributed by atoms with E-state index >= 15 is 0 Å². The number of pyridine rings is 1. The molecule has 3 heteroatoms. The van der Waals surface area contributed by atoms with Crippen LogP contribution >= 0.6 is 7.92 Å². The first-order valence-electron chi connectivity index (χ1n) is 12.2. The van der Waals surface area contributed by atoms with Crippen LogP contribution in [0, 0.1) is 12.1 Å². The van der Waals surface area contributed by atoms with Crippen LogP contribution in [0.25, 0.3) is 11.3 Å². The van der Waals surface area contributed by atoms with Crippen molar-refractivity contribution < 1.29 is 20.1 Å². The summed E-state index contributed by atoms with van der Waals surface area (Å²) < 4.78 is 0. The van der Waals surface area contributed by atoms with E-state index < -0.39 is 7.92 Å². The second-order valence-electron chi connectivity index (χ2n) is 8.04. The number of benzene rings is 5. The minimum atomic E-state index is -0.877. The van der Waals surface area contributed by atoms with E-state index in [1.165, 1.54) is 15.9 Å². The molecule has 38 heavy (non-hydrogen) atoms. The monoisotopic (exact) mass is 687 g/mol. The third kappa shape index (κ3) is 9.33. The van der Waals surface area contributed by atoms with Gasteiger partial charge in [-0.05, 0) is 48.2 Å². The first kappa shape index (κ1) is 28.9. The second-order valence-corrected chi connectivity index (χ2v) is 10.5. The van der Waals surface area contributed by atoms with Crippen molar-refractivity contribution in [2.24, 2.45) is 0 Å². The van der Waals surface area contributed by atoms with Crippen LogP contribution in [-0.2, 0) is 20.1 Å². The van der Waals surface area contributed by atoms with Crippen molar-refractivity contribution in [3.8, 4) is 11.3 Å². The molecule has 6 rings (SSSR count). The average Bonchev–Trinajstić information content (AvgIpc) is 3.01. The average molecular weight is 687 g/mol. The molecule has 1 aromatic heterocycles. The molecule has 0 N–H and O–H groups in total. The summed E-state index contributed by atoms with van der Waals surface area (Å²) in [5, 5.41) is 4.31. The van der Waals surface area contributed by atoms with Crippen LogP contribution in [0.1, 0.15) is 0 Å². The van der Waals surface area contributed by atoms with Gasteiger partial charge in [0.15, 0.2) is 0 Å². The molecule has 0 fully saturated rings. The SMILES string of the molecule is [Ir].[c-]1ccccc1.[c-]1ccccc1-c1ccccn1.c1ccc([PH+](c2ccccc2)c2ccccc2)cc1. The number of rotatable bonds is 4. The summed E-state index contributed by atoms with van der Waals surface area (Å²) >= 11 is 0.